The van der Waals surface area contributed by atoms with Gasteiger partial charge in [0.1, 0.15) is 10.5 Å². The van der Waals surface area contributed by atoms with Crippen molar-refractivity contribution in [1.82, 2.24) is 19.3 Å². The van der Waals surface area contributed by atoms with Crippen molar-refractivity contribution in [3.8, 4) is 0 Å². The van der Waals surface area contributed by atoms with Crippen molar-refractivity contribution < 1.29 is 8.42 Å². The molecule has 0 fully saturated rings. The first-order valence-electron chi connectivity index (χ1n) is 6.40. The zero-order chi connectivity index (χ0) is 16.7. The number of pyridine rings is 1. The molecule has 10 heteroatoms. The minimum Gasteiger partial charge on any atom is -0.329 e. The zero-order valence-electron chi connectivity index (χ0n) is 12.4. The third-order valence-corrected chi connectivity index (χ3v) is 4.83. The molecule has 4 N–H and O–H groups in total. The maximum atomic E-state index is 12.3. The number of H-pyrrole nitrogens is 1. The lowest BCUT2D eigenvalue weighted by atomic mass is 10.1. The molecule has 2 aromatic rings. The van der Waals surface area contributed by atoms with Gasteiger partial charge in [-0.15, -0.1) is 0 Å². The van der Waals surface area contributed by atoms with E-state index in [0.717, 1.165) is 10.8 Å². The summed E-state index contributed by atoms with van der Waals surface area (Å²) in [5, 5.41) is 0.00975. The Hall–Kier alpha value is -2.04. The summed E-state index contributed by atoms with van der Waals surface area (Å²) < 4.78 is 28.2. The van der Waals surface area contributed by atoms with Crippen LogP contribution in [-0.4, -0.2) is 35.0 Å². The molecule has 120 valence electrons. The molecule has 9 nitrogen and oxygen atoms in total. The quantitative estimate of drug-likeness (QED) is 0.633. The monoisotopic (exact) mass is 327 g/mol. The smallest absolute Gasteiger partial charge is 0.329 e. The fourth-order valence-corrected chi connectivity index (χ4v) is 3.22. The van der Waals surface area contributed by atoms with E-state index in [4.69, 9.17) is 5.73 Å². The van der Waals surface area contributed by atoms with Gasteiger partial charge in [-0.25, -0.2) is 22.9 Å². The van der Waals surface area contributed by atoms with Crippen molar-refractivity contribution in [2.75, 3.05) is 6.54 Å². The maximum absolute atomic E-state index is 12.3. The van der Waals surface area contributed by atoms with Crippen LogP contribution in [0.2, 0.25) is 0 Å². The number of rotatable bonds is 4. The first kappa shape index (κ1) is 16.3. The molecular formula is C12H17N5O4S. The standard InChI is InChI=1S/C12H17N5O4S/c1-12(2,6-13)16-22(20,21)7-4-8-9(14-5-7)17(3)11(19)15-10(8)18/h4-5,16H,6,13H2,1-3H3,(H,15,18,19). The van der Waals surface area contributed by atoms with Crippen molar-refractivity contribution in [3.63, 3.8) is 0 Å². The van der Waals surface area contributed by atoms with E-state index in [-0.39, 0.29) is 22.5 Å². The average molecular weight is 327 g/mol. The fraction of sp³-hybridized carbons (Fsp3) is 0.417. The van der Waals surface area contributed by atoms with Crippen molar-refractivity contribution in [2.45, 2.75) is 24.3 Å². The Bertz CT molecular complexity index is 942. The molecule has 0 saturated heterocycles. The van der Waals surface area contributed by atoms with Crippen LogP contribution in [0.1, 0.15) is 13.8 Å². The summed E-state index contributed by atoms with van der Waals surface area (Å²) in [6, 6.07) is 1.18. The highest BCUT2D eigenvalue weighted by molar-refractivity contribution is 7.89. The minimum absolute atomic E-state index is 0.00975. The number of nitrogens with zero attached hydrogens (tertiary/aromatic N) is 2. The normalized spacial score (nSPS) is 12.7. The molecule has 0 atom stereocenters. The van der Waals surface area contributed by atoms with Gasteiger partial charge in [0.25, 0.3) is 5.56 Å². The molecule has 0 amide bonds. The summed E-state index contributed by atoms with van der Waals surface area (Å²) in [5.74, 6) is 0. The van der Waals surface area contributed by atoms with Crippen LogP contribution in [0.15, 0.2) is 26.7 Å². The Labute approximate surface area is 126 Å². The van der Waals surface area contributed by atoms with Gasteiger partial charge in [-0.2, -0.15) is 0 Å². The number of aromatic nitrogens is 3. The zero-order valence-corrected chi connectivity index (χ0v) is 13.2. The molecule has 0 aromatic carbocycles. The third-order valence-electron chi connectivity index (χ3n) is 3.16. The second-order valence-corrected chi connectivity index (χ2v) is 7.24. The van der Waals surface area contributed by atoms with Gasteiger partial charge in [0, 0.05) is 25.3 Å². The predicted octanol–water partition coefficient (Wildman–Crippen LogP) is -1.36. The molecule has 0 spiro atoms. The van der Waals surface area contributed by atoms with Crippen molar-refractivity contribution in [1.29, 1.82) is 0 Å². The molecule has 0 unspecified atom stereocenters. The lowest BCUT2D eigenvalue weighted by Gasteiger charge is -2.23. The predicted molar refractivity (Wildman–Crippen MR) is 81.1 cm³/mol. The largest absolute Gasteiger partial charge is 0.329 e. The van der Waals surface area contributed by atoms with E-state index >= 15 is 0 Å². The van der Waals surface area contributed by atoms with Gasteiger partial charge in [-0.05, 0) is 19.9 Å². The molecule has 0 radical (unpaired) electrons. The molecule has 22 heavy (non-hydrogen) atoms. The fourth-order valence-electron chi connectivity index (χ4n) is 1.83. The Morgan fingerprint density at radius 3 is 2.64 bits per heavy atom. The summed E-state index contributed by atoms with van der Waals surface area (Å²) in [6.07, 6.45) is 1.09. The van der Waals surface area contributed by atoms with Crippen LogP contribution in [0.3, 0.4) is 0 Å². The highest BCUT2D eigenvalue weighted by Gasteiger charge is 2.25. The van der Waals surface area contributed by atoms with Gasteiger partial charge in [0.05, 0.1) is 5.39 Å². The lowest BCUT2D eigenvalue weighted by molar-refractivity contribution is 0.462. The maximum Gasteiger partial charge on any atom is 0.329 e. The second-order valence-electron chi connectivity index (χ2n) is 5.55. The highest BCUT2D eigenvalue weighted by atomic mass is 32.2. The van der Waals surface area contributed by atoms with Crippen LogP contribution in [0.5, 0.6) is 0 Å². The van der Waals surface area contributed by atoms with E-state index in [9.17, 15) is 18.0 Å². The van der Waals surface area contributed by atoms with E-state index < -0.39 is 26.8 Å². The molecule has 2 aromatic heterocycles. The van der Waals surface area contributed by atoms with E-state index in [1.54, 1.807) is 13.8 Å². The Morgan fingerprint density at radius 2 is 2.05 bits per heavy atom. The van der Waals surface area contributed by atoms with Crippen LogP contribution < -0.4 is 21.7 Å². The molecule has 0 saturated carbocycles. The van der Waals surface area contributed by atoms with E-state index in [2.05, 4.69) is 14.7 Å². The molecule has 0 aliphatic carbocycles. The van der Waals surface area contributed by atoms with Crippen molar-refractivity contribution in [2.24, 2.45) is 12.8 Å². The number of hydrogen-bond donors (Lipinski definition) is 3. The van der Waals surface area contributed by atoms with Crippen LogP contribution in [-0.2, 0) is 17.1 Å². The molecule has 0 bridgehead atoms. The first-order chi connectivity index (χ1) is 10.1. The molecular weight excluding hydrogens is 310 g/mol. The topological polar surface area (TPSA) is 140 Å². The van der Waals surface area contributed by atoms with Crippen LogP contribution in [0.4, 0.5) is 0 Å². The van der Waals surface area contributed by atoms with Gasteiger partial charge >= 0.3 is 5.69 Å². The minimum atomic E-state index is -3.89. The van der Waals surface area contributed by atoms with E-state index in [1.807, 2.05) is 0 Å². The molecule has 0 aliphatic heterocycles. The van der Waals surface area contributed by atoms with Gasteiger partial charge in [0.2, 0.25) is 10.0 Å². The number of fused-ring (bicyclic) bond motifs is 1. The van der Waals surface area contributed by atoms with Crippen LogP contribution >= 0.6 is 0 Å². The number of nitrogens with two attached hydrogens (primary N) is 1. The lowest BCUT2D eigenvalue weighted by Crippen LogP contribution is -2.48. The average Bonchev–Trinajstić information content (AvgIpc) is 2.43. The Balaban J connectivity index is 2.64. The van der Waals surface area contributed by atoms with Gasteiger partial charge in [-0.3, -0.25) is 14.3 Å². The highest BCUT2D eigenvalue weighted by Crippen LogP contribution is 2.14. The van der Waals surface area contributed by atoms with E-state index in [1.165, 1.54) is 13.1 Å². The van der Waals surface area contributed by atoms with Crippen LogP contribution in [0.25, 0.3) is 11.0 Å². The molecule has 2 rings (SSSR count). The molecule has 2 heterocycles. The summed E-state index contributed by atoms with van der Waals surface area (Å²) >= 11 is 0. The third kappa shape index (κ3) is 2.93. The van der Waals surface area contributed by atoms with E-state index in [0.29, 0.717) is 0 Å². The second kappa shape index (κ2) is 5.30. The number of nitrogens with one attached hydrogen (secondary N) is 2. The SMILES string of the molecule is Cn1c(=O)[nH]c(=O)c2cc(S(=O)(=O)NC(C)(C)CN)cnc21. The number of aromatic amines is 1. The summed E-state index contributed by atoms with van der Waals surface area (Å²) in [6.45, 7) is 3.37. The van der Waals surface area contributed by atoms with Gasteiger partial charge in [-0.1, -0.05) is 0 Å². The van der Waals surface area contributed by atoms with Gasteiger partial charge < -0.3 is 5.73 Å². The number of hydrogen-bond acceptors (Lipinski definition) is 6. The van der Waals surface area contributed by atoms with Crippen molar-refractivity contribution >= 4 is 21.1 Å². The summed E-state index contributed by atoms with van der Waals surface area (Å²) in [7, 11) is -2.47. The summed E-state index contributed by atoms with van der Waals surface area (Å²) in [4.78, 5) is 29.2. The van der Waals surface area contributed by atoms with Gasteiger partial charge in [0.15, 0.2) is 0 Å². The van der Waals surface area contributed by atoms with Crippen molar-refractivity contribution in [3.05, 3.63) is 33.1 Å². The Morgan fingerprint density at radius 1 is 1.41 bits per heavy atom. The van der Waals surface area contributed by atoms with Crippen LogP contribution in [0, 0.1) is 0 Å². The summed E-state index contributed by atoms with van der Waals surface area (Å²) in [5.41, 5.74) is 3.45. The first-order valence-corrected chi connectivity index (χ1v) is 7.89. The number of sulfonamides is 1. The molecule has 0 aliphatic rings. The Kier molecular flexibility index (Phi) is 3.94. The number of aryl methyl sites for hydroxylation is 1.